The summed E-state index contributed by atoms with van der Waals surface area (Å²) in [5.41, 5.74) is 3.07. The van der Waals surface area contributed by atoms with E-state index >= 15 is 0 Å². The summed E-state index contributed by atoms with van der Waals surface area (Å²) in [6.07, 6.45) is -0.117. The zero-order valence-electron chi connectivity index (χ0n) is 15.6. The first-order valence-corrected chi connectivity index (χ1v) is 8.41. The molecular weight excluding hydrogens is 334 g/mol. The molecule has 0 aliphatic heterocycles. The van der Waals surface area contributed by atoms with Crippen LogP contribution in [0.1, 0.15) is 61.9 Å². The molecule has 6 nitrogen and oxygen atoms in total. The van der Waals surface area contributed by atoms with E-state index in [1.54, 1.807) is 26.0 Å². The van der Waals surface area contributed by atoms with Crippen molar-refractivity contribution in [3.63, 3.8) is 0 Å². The lowest BCUT2D eigenvalue weighted by atomic mass is 10.1. The van der Waals surface area contributed by atoms with Gasteiger partial charge in [0.15, 0.2) is 6.10 Å². The minimum Gasteiger partial charge on any atom is -0.465 e. The van der Waals surface area contributed by atoms with Crippen molar-refractivity contribution in [2.45, 2.75) is 40.2 Å². The summed E-state index contributed by atoms with van der Waals surface area (Å²) in [5.74, 6) is -1.49. The van der Waals surface area contributed by atoms with Gasteiger partial charge in [-0.25, -0.2) is 9.59 Å². The van der Waals surface area contributed by atoms with Crippen LogP contribution in [0.3, 0.4) is 0 Å². The number of ketones is 1. The van der Waals surface area contributed by atoms with Crippen molar-refractivity contribution in [1.29, 1.82) is 0 Å². The van der Waals surface area contributed by atoms with Gasteiger partial charge in [-0.05, 0) is 50.5 Å². The summed E-state index contributed by atoms with van der Waals surface area (Å²) in [7, 11) is 1.28. The Labute approximate surface area is 152 Å². The molecular formula is C20H23NO5. The quantitative estimate of drug-likeness (QED) is 0.632. The van der Waals surface area contributed by atoms with Crippen LogP contribution in [0.2, 0.25) is 0 Å². The molecule has 0 fully saturated rings. The number of carbonyl (C=O) groups is 3. The number of ether oxygens (including phenoxy) is 2. The molecule has 0 saturated heterocycles. The van der Waals surface area contributed by atoms with Gasteiger partial charge >= 0.3 is 11.9 Å². The number of aromatic amines is 1. The number of rotatable bonds is 6. The number of H-pyrrole nitrogens is 1. The molecule has 0 aliphatic carbocycles. The lowest BCUT2D eigenvalue weighted by molar-refractivity contribution is 0.0316. The molecule has 1 heterocycles. The lowest BCUT2D eigenvalue weighted by Gasteiger charge is -2.12. The number of carbonyl (C=O) groups excluding carboxylic acids is 3. The standard InChI is InChI=1S/C20H23NO5/c1-6-14-7-9-15(10-8-14)19(23)26-13(4)18(22)17-11(2)16(12(3)21-17)20(24)25-5/h7-10,13,21H,6H2,1-5H3. The van der Waals surface area contributed by atoms with Crippen molar-refractivity contribution in [2.24, 2.45) is 0 Å². The van der Waals surface area contributed by atoms with Gasteiger partial charge in [-0.2, -0.15) is 0 Å². The number of Topliss-reactive ketones (excluding diaryl/α,β-unsaturated/α-hetero) is 1. The maximum absolute atomic E-state index is 12.6. The maximum Gasteiger partial charge on any atom is 0.339 e. The van der Waals surface area contributed by atoms with Gasteiger partial charge in [-0.3, -0.25) is 4.79 Å². The fourth-order valence-corrected chi connectivity index (χ4v) is 2.77. The summed E-state index contributed by atoms with van der Waals surface area (Å²) >= 11 is 0. The Kier molecular flexibility index (Phi) is 5.97. The Hall–Kier alpha value is -2.89. The van der Waals surface area contributed by atoms with E-state index < -0.39 is 23.8 Å². The molecule has 0 radical (unpaired) electrons. The SMILES string of the molecule is CCc1ccc(C(=O)OC(C)C(=O)c2[nH]c(C)c(C(=O)OC)c2C)cc1. The molecule has 0 amide bonds. The Balaban J connectivity index is 2.16. The number of hydrogen-bond donors (Lipinski definition) is 1. The first-order valence-electron chi connectivity index (χ1n) is 8.41. The van der Waals surface area contributed by atoms with Gasteiger partial charge < -0.3 is 14.5 Å². The zero-order valence-corrected chi connectivity index (χ0v) is 15.6. The second kappa shape index (κ2) is 7.99. The molecule has 2 rings (SSSR count). The van der Waals surface area contributed by atoms with Crippen LogP contribution < -0.4 is 0 Å². The Morgan fingerprint density at radius 1 is 1.08 bits per heavy atom. The maximum atomic E-state index is 12.6. The second-order valence-electron chi connectivity index (χ2n) is 6.08. The topological polar surface area (TPSA) is 85.5 Å². The van der Waals surface area contributed by atoms with Crippen LogP contribution in [0.5, 0.6) is 0 Å². The zero-order chi connectivity index (χ0) is 19.4. The van der Waals surface area contributed by atoms with Gasteiger partial charge in [0.25, 0.3) is 0 Å². The van der Waals surface area contributed by atoms with Crippen LogP contribution >= 0.6 is 0 Å². The van der Waals surface area contributed by atoms with E-state index in [1.165, 1.54) is 14.0 Å². The number of aromatic nitrogens is 1. The third-order valence-corrected chi connectivity index (χ3v) is 4.32. The van der Waals surface area contributed by atoms with Gasteiger partial charge in [0.05, 0.1) is 23.9 Å². The molecule has 26 heavy (non-hydrogen) atoms. The van der Waals surface area contributed by atoms with Crippen LogP contribution in [0.15, 0.2) is 24.3 Å². The van der Waals surface area contributed by atoms with E-state index in [-0.39, 0.29) is 5.69 Å². The number of aryl methyl sites for hydroxylation is 2. The van der Waals surface area contributed by atoms with Gasteiger partial charge in [0.1, 0.15) is 0 Å². The third kappa shape index (κ3) is 3.85. The van der Waals surface area contributed by atoms with E-state index in [9.17, 15) is 14.4 Å². The van der Waals surface area contributed by atoms with Crippen molar-refractivity contribution in [1.82, 2.24) is 4.98 Å². The molecule has 0 spiro atoms. The van der Waals surface area contributed by atoms with E-state index in [0.717, 1.165) is 12.0 Å². The number of nitrogens with one attached hydrogen (secondary N) is 1. The van der Waals surface area contributed by atoms with Gasteiger partial charge in [-0.1, -0.05) is 19.1 Å². The first-order chi connectivity index (χ1) is 12.3. The lowest BCUT2D eigenvalue weighted by Crippen LogP contribution is -2.25. The van der Waals surface area contributed by atoms with Crippen LogP contribution in [0.25, 0.3) is 0 Å². The number of esters is 2. The molecule has 0 bridgehead atoms. The summed E-state index contributed by atoms with van der Waals surface area (Å²) in [4.78, 5) is 39.6. The number of hydrogen-bond acceptors (Lipinski definition) is 5. The predicted molar refractivity (Wildman–Crippen MR) is 96.6 cm³/mol. The average Bonchev–Trinajstić information content (AvgIpc) is 2.94. The number of methoxy groups -OCH3 is 1. The normalized spacial score (nSPS) is 11.7. The minimum absolute atomic E-state index is 0.240. The van der Waals surface area contributed by atoms with Gasteiger partial charge in [0.2, 0.25) is 5.78 Å². The van der Waals surface area contributed by atoms with Crippen LogP contribution in [-0.2, 0) is 15.9 Å². The molecule has 1 aromatic carbocycles. The fraction of sp³-hybridized carbons (Fsp3) is 0.350. The second-order valence-corrected chi connectivity index (χ2v) is 6.08. The highest BCUT2D eigenvalue weighted by Gasteiger charge is 2.27. The molecule has 1 N–H and O–H groups in total. The molecule has 1 unspecified atom stereocenters. The summed E-state index contributed by atoms with van der Waals surface area (Å²) in [6, 6.07) is 7.06. The molecule has 2 aromatic rings. The average molecular weight is 357 g/mol. The molecule has 0 aliphatic rings. The predicted octanol–water partition coefficient (Wildman–Crippen LogP) is 3.41. The summed E-state index contributed by atoms with van der Waals surface area (Å²) < 4.78 is 10.0. The molecule has 1 aromatic heterocycles. The summed E-state index contributed by atoms with van der Waals surface area (Å²) in [6.45, 7) is 6.87. The highest BCUT2D eigenvalue weighted by atomic mass is 16.5. The Morgan fingerprint density at radius 2 is 1.69 bits per heavy atom. The van der Waals surface area contributed by atoms with E-state index in [2.05, 4.69) is 4.98 Å². The van der Waals surface area contributed by atoms with Crippen LogP contribution in [0.4, 0.5) is 0 Å². The fourth-order valence-electron chi connectivity index (χ4n) is 2.77. The van der Waals surface area contributed by atoms with Crippen molar-refractivity contribution >= 4 is 17.7 Å². The molecule has 138 valence electrons. The van der Waals surface area contributed by atoms with E-state index in [4.69, 9.17) is 9.47 Å². The van der Waals surface area contributed by atoms with E-state index in [0.29, 0.717) is 22.4 Å². The van der Waals surface area contributed by atoms with Crippen molar-refractivity contribution < 1.29 is 23.9 Å². The highest BCUT2D eigenvalue weighted by Crippen LogP contribution is 2.21. The summed E-state index contributed by atoms with van der Waals surface area (Å²) in [5, 5.41) is 0. The van der Waals surface area contributed by atoms with Crippen molar-refractivity contribution in [3.8, 4) is 0 Å². The highest BCUT2D eigenvalue weighted by molar-refractivity contribution is 6.04. The third-order valence-electron chi connectivity index (χ3n) is 4.32. The van der Waals surface area contributed by atoms with Crippen LogP contribution in [0, 0.1) is 13.8 Å². The smallest absolute Gasteiger partial charge is 0.339 e. The van der Waals surface area contributed by atoms with Gasteiger partial charge in [-0.15, -0.1) is 0 Å². The largest absolute Gasteiger partial charge is 0.465 e. The Morgan fingerprint density at radius 3 is 2.23 bits per heavy atom. The van der Waals surface area contributed by atoms with Gasteiger partial charge in [0, 0.05) is 5.69 Å². The number of benzene rings is 1. The first kappa shape index (κ1) is 19.4. The van der Waals surface area contributed by atoms with Crippen LogP contribution in [-0.4, -0.2) is 35.9 Å². The van der Waals surface area contributed by atoms with Crippen molar-refractivity contribution in [2.75, 3.05) is 7.11 Å². The molecule has 1 atom stereocenters. The monoisotopic (exact) mass is 357 g/mol. The van der Waals surface area contributed by atoms with Crippen molar-refractivity contribution in [3.05, 3.63) is 57.9 Å². The molecule has 0 saturated carbocycles. The Bertz CT molecular complexity index is 833. The van der Waals surface area contributed by atoms with E-state index in [1.807, 2.05) is 19.1 Å². The molecule has 6 heteroatoms. The minimum atomic E-state index is -0.990.